The third kappa shape index (κ3) is 3.49. The van der Waals surface area contributed by atoms with Crippen LogP contribution in [0.15, 0.2) is 18.2 Å². The molecule has 0 heterocycles. The average Bonchev–Trinajstić information content (AvgIpc) is 2.35. The molecule has 1 aromatic rings. The van der Waals surface area contributed by atoms with Gasteiger partial charge in [0.1, 0.15) is 0 Å². The normalized spacial score (nSPS) is 11.9. The molecule has 0 bridgehead atoms. The van der Waals surface area contributed by atoms with Gasteiger partial charge in [-0.05, 0) is 33.8 Å². The molecular formula is C14H20N2O5. The number of nitrogens with zero attached hydrogens (tertiary/aromatic N) is 1. The Balaban J connectivity index is 3.20. The minimum absolute atomic E-state index is 0.0454. The predicted octanol–water partition coefficient (Wildman–Crippen LogP) is 1.88. The van der Waals surface area contributed by atoms with Gasteiger partial charge in [-0.3, -0.25) is 14.9 Å². The van der Waals surface area contributed by atoms with Crippen molar-refractivity contribution in [3.05, 3.63) is 33.9 Å². The molecular weight excluding hydrogens is 276 g/mol. The summed E-state index contributed by atoms with van der Waals surface area (Å²) in [6.07, 6.45) is 0. The molecule has 0 aliphatic carbocycles. The molecule has 21 heavy (non-hydrogen) atoms. The van der Waals surface area contributed by atoms with Gasteiger partial charge >= 0.3 is 5.69 Å². The SMILES string of the molecule is COc1c(C(=O)NC(C)(C)C(C)(C)O)cccc1[N+](=O)[O-]. The van der Waals surface area contributed by atoms with E-state index in [2.05, 4.69) is 5.32 Å². The number of amides is 1. The first-order valence-corrected chi connectivity index (χ1v) is 6.37. The van der Waals surface area contributed by atoms with Gasteiger partial charge in [-0.1, -0.05) is 6.07 Å². The number of ether oxygens (including phenoxy) is 1. The fraction of sp³-hybridized carbons (Fsp3) is 0.500. The van der Waals surface area contributed by atoms with Gasteiger partial charge in [0.15, 0.2) is 0 Å². The lowest BCUT2D eigenvalue weighted by Gasteiger charge is -2.38. The molecule has 7 nitrogen and oxygen atoms in total. The number of carbonyl (C=O) groups is 1. The topological polar surface area (TPSA) is 102 Å². The first-order chi connectivity index (χ1) is 9.51. The number of nitrogens with one attached hydrogen (secondary N) is 1. The average molecular weight is 296 g/mol. The number of benzene rings is 1. The summed E-state index contributed by atoms with van der Waals surface area (Å²) in [5.41, 5.74) is -2.34. The molecule has 116 valence electrons. The number of aliphatic hydroxyl groups is 1. The Labute approximate surface area is 123 Å². The third-order valence-electron chi connectivity index (χ3n) is 3.60. The Hall–Kier alpha value is -2.15. The van der Waals surface area contributed by atoms with E-state index in [0.717, 1.165) is 0 Å². The maximum atomic E-state index is 12.3. The monoisotopic (exact) mass is 296 g/mol. The molecule has 0 saturated heterocycles. The maximum absolute atomic E-state index is 12.3. The van der Waals surface area contributed by atoms with E-state index in [1.165, 1.54) is 25.3 Å². The highest BCUT2D eigenvalue weighted by Crippen LogP contribution is 2.31. The third-order valence-corrected chi connectivity index (χ3v) is 3.60. The van der Waals surface area contributed by atoms with Crippen molar-refractivity contribution in [3.8, 4) is 5.75 Å². The number of para-hydroxylation sites is 1. The van der Waals surface area contributed by atoms with Gasteiger partial charge in [0.05, 0.1) is 28.7 Å². The van der Waals surface area contributed by atoms with Crippen LogP contribution in [-0.4, -0.2) is 34.2 Å². The summed E-state index contributed by atoms with van der Waals surface area (Å²) in [6.45, 7) is 6.46. The summed E-state index contributed by atoms with van der Waals surface area (Å²) < 4.78 is 4.99. The zero-order chi connectivity index (χ0) is 16.4. The molecule has 7 heteroatoms. The van der Waals surface area contributed by atoms with Crippen molar-refractivity contribution in [2.45, 2.75) is 38.8 Å². The highest BCUT2D eigenvalue weighted by atomic mass is 16.6. The summed E-state index contributed by atoms with van der Waals surface area (Å²) >= 11 is 0. The number of nitro benzene ring substituents is 1. The molecule has 1 aromatic carbocycles. The lowest BCUT2D eigenvalue weighted by Crippen LogP contribution is -2.57. The van der Waals surface area contributed by atoms with Crippen molar-refractivity contribution >= 4 is 11.6 Å². The second-order valence-corrected chi connectivity index (χ2v) is 5.75. The van der Waals surface area contributed by atoms with Crippen LogP contribution in [-0.2, 0) is 0 Å². The zero-order valence-electron chi connectivity index (χ0n) is 12.8. The van der Waals surface area contributed by atoms with Crippen LogP contribution in [0.5, 0.6) is 5.75 Å². The van der Waals surface area contributed by atoms with Crippen molar-refractivity contribution in [1.29, 1.82) is 0 Å². The summed E-state index contributed by atoms with van der Waals surface area (Å²) in [5.74, 6) is -0.658. The lowest BCUT2D eigenvalue weighted by atomic mass is 9.85. The van der Waals surface area contributed by atoms with Crippen LogP contribution in [0, 0.1) is 10.1 Å². The summed E-state index contributed by atoms with van der Waals surface area (Å²) in [5, 5.41) is 23.7. The van der Waals surface area contributed by atoms with Crippen molar-refractivity contribution < 1.29 is 19.6 Å². The van der Waals surface area contributed by atoms with E-state index < -0.39 is 22.0 Å². The Morgan fingerprint density at radius 3 is 2.33 bits per heavy atom. The van der Waals surface area contributed by atoms with Gasteiger partial charge in [-0.25, -0.2) is 0 Å². The van der Waals surface area contributed by atoms with Crippen LogP contribution < -0.4 is 10.1 Å². The maximum Gasteiger partial charge on any atom is 0.311 e. The van der Waals surface area contributed by atoms with Crippen LogP contribution in [0.25, 0.3) is 0 Å². The van der Waals surface area contributed by atoms with Gasteiger partial charge in [0, 0.05) is 6.07 Å². The highest BCUT2D eigenvalue weighted by molar-refractivity contribution is 5.98. The van der Waals surface area contributed by atoms with Crippen LogP contribution in [0.1, 0.15) is 38.1 Å². The lowest BCUT2D eigenvalue weighted by molar-refractivity contribution is -0.385. The number of rotatable bonds is 5. The second kappa shape index (κ2) is 5.69. The van der Waals surface area contributed by atoms with E-state index >= 15 is 0 Å². The predicted molar refractivity (Wildman–Crippen MR) is 77.5 cm³/mol. The van der Waals surface area contributed by atoms with Gasteiger partial charge in [-0.15, -0.1) is 0 Å². The van der Waals surface area contributed by atoms with E-state index in [1.807, 2.05) is 0 Å². The van der Waals surface area contributed by atoms with Crippen molar-refractivity contribution in [2.75, 3.05) is 7.11 Å². The minimum atomic E-state index is -1.17. The summed E-state index contributed by atoms with van der Waals surface area (Å²) in [6, 6.07) is 4.10. The number of hydrogen-bond acceptors (Lipinski definition) is 5. The minimum Gasteiger partial charge on any atom is -0.490 e. The zero-order valence-corrected chi connectivity index (χ0v) is 12.8. The number of hydrogen-bond donors (Lipinski definition) is 2. The number of carbonyl (C=O) groups excluding carboxylic acids is 1. The molecule has 0 aliphatic heterocycles. The van der Waals surface area contributed by atoms with Crippen LogP contribution in [0.4, 0.5) is 5.69 Å². The summed E-state index contributed by atoms with van der Waals surface area (Å²) in [7, 11) is 1.26. The molecule has 0 unspecified atom stereocenters. The first kappa shape index (κ1) is 16.9. The molecule has 0 aliphatic rings. The molecule has 1 rings (SSSR count). The van der Waals surface area contributed by atoms with E-state index in [4.69, 9.17) is 4.74 Å². The largest absolute Gasteiger partial charge is 0.490 e. The number of methoxy groups -OCH3 is 1. The Morgan fingerprint density at radius 1 is 1.33 bits per heavy atom. The van der Waals surface area contributed by atoms with Crippen molar-refractivity contribution in [2.24, 2.45) is 0 Å². The van der Waals surface area contributed by atoms with Crippen molar-refractivity contribution in [1.82, 2.24) is 5.32 Å². The smallest absolute Gasteiger partial charge is 0.311 e. The van der Waals surface area contributed by atoms with Crippen molar-refractivity contribution in [3.63, 3.8) is 0 Å². The van der Waals surface area contributed by atoms with Gasteiger partial charge in [-0.2, -0.15) is 0 Å². The van der Waals surface area contributed by atoms with E-state index in [-0.39, 0.29) is 17.0 Å². The Kier molecular flexibility index (Phi) is 4.58. The summed E-state index contributed by atoms with van der Waals surface area (Å²) in [4.78, 5) is 22.7. The van der Waals surface area contributed by atoms with Gasteiger partial charge in [0.25, 0.3) is 5.91 Å². The molecule has 0 spiro atoms. The van der Waals surface area contributed by atoms with Crippen LogP contribution in [0.3, 0.4) is 0 Å². The molecule has 2 N–H and O–H groups in total. The van der Waals surface area contributed by atoms with Gasteiger partial charge in [0.2, 0.25) is 5.75 Å². The molecule has 0 fully saturated rings. The van der Waals surface area contributed by atoms with E-state index in [0.29, 0.717) is 0 Å². The van der Waals surface area contributed by atoms with E-state index in [9.17, 15) is 20.0 Å². The Morgan fingerprint density at radius 2 is 1.90 bits per heavy atom. The molecule has 1 amide bonds. The first-order valence-electron chi connectivity index (χ1n) is 6.37. The quantitative estimate of drug-likeness (QED) is 0.638. The molecule has 0 atom stereocenters. The fourth-order valence-electron chi connectivity index (χ4n) is 1.57. The second-order valence-electron chi connectivity index (χ2n) is 5.75. The standard InChI is InChI=1S/C14H20N2O5/c1-13(2,14(3,4)18)15-12(17)9-7-6-8-10(16(19)20)11(9)21-5/h6-8,18H,1-5H3,(H,15,17). The molecule has 0 aromatic heterocycles. The highest BCUT2D eigenvalue weighted by Gasteiger charge is 2.37. The van der Waals surface area contributed by atoms with Crippen LogP contribution >= 0.6 is 0 Å². The fourth-order valence-corrected chi connectivity index (χ4v) is 1.57. The molecule has 0 radical (unpaired) electrons. The van der Waals surface area contributed by atoms with Crippen LogP contribution in [0.2, 0.25) is 0 Å². The molecule has 0 saturated carbocycles. The number of nitro groups is 1. The Bertz CT molecular complexity index is 561. The van der Waals surface area contributed by atoms with Gasteiger partial charge < -0.3 is 15.2 Å². The van der Waals surface area contributed by atoms with E-state index in [1.54, 1.807) is 27.7 Å².